The number of anilines is 1. The summed E-state index contributed by atoms with van der Waals surface area (Å²) in [6, 6.07) is 13.8. The van der Waals surface area contributed by atoms with Crippen molar-refractivity contribution in [2.45, 2.75) is 37.1 Å². The molecule has 0 fully saturated rings. The minimum Gasteiger partial charge on any atom is -0.325 e. The van der Waals surface area contributed by atoms with Gasteiger partial charge in [-0.2, -0.15) is 4.68 Å². The highest BCUT2D eigenvalue weighted by atomic mass is 32.2. The van der Waals surface area contributed by atoms with Crippen molar-refractivity contribution in [2.75, 3.05) is 5.32 Å². The van der Waals surface area contributed by atoms with E-state index >= 15 is 0 Å². The van der Waals surface area contributed by atoms with Gasteiger partial charge < -0.3 is 5.32 Å². The van der Waals surface area contributed by atoms with E-state index < -0.39 is 11.1 Å². The second-order valence-corrected chi connectivity index (χ2v) is 7.69. The van der Waals surface area contributed by atoms with E-state index in [9.17, 15) is 9.18 Å². The lowest BCUT2D eigenvalue weighted by atomic mass is 10.0. The molecule has 0 radical (unpaired) electrons. The highest BCUT2D eigenvalue weighted by Crippen LogP contribution is 2.25. The standard InChI is InChI=1S/C19H20FN5OS/c1-12(2)14-7-9-17(10-8-14)25-19(22-23-24-25)27-13(3)18(26)21-16-6-4-5-15(20)11-16/h4-13H,1-3H3,(H,21,26)/t13-/m1/s1. The first kappa shape index (κ1) is 19.0. The molecule has 2 aromatic carbocycles. The van der Waals surface area contributed by atoms with Gasteiger partial charge in [0.15, 0.2) is 0 Å². The van der Waals surface area contributed by atoms with Crippen molar-refractivity contribution in [1.29, 1.82) is 0 Å². The Kier molecular flexibility index (Phi) is 5.85. The SMILES string of the molecule is CC(C)c1ccc(-n2nnnc2S[C@H](C)C(=O)Nc2cccc(F)c2)cc1. The largest absolute Gasteiger partial charge is 0.325 e. The number of thioether (sulfide) groups is 1. The molecule has 1 N–H and O–H groups in total. The molecule has 0 aliphatic rings. The molecule has 0 bridgehead atoms. The Labute approximate surface area is 161 Å². The molecule has 0 spiro atoms. The molecule has 1 amide bonds. The van der Waals surface area contributed by atoms with Crippen LogP contribution < -0.4 is 5.32 Å². The van der Waals surface area contributed by atoms with E-state index in [1.54, 1.807) is 23.7 Å². The summed E-state index contributed by atoms with van der Waals surface area (Å²) in [6.45, 7) is 6.01. The summed E-state index contributed by atoms with van der Waals surface area (Å²) >= 11 is 1.23. The number of nitrogens with one attached hydrogen (secondary N) is 1. The lowest BCUT2D eigenvalue weighted by molar-refractivity contribution is -0.115. The van der Waals surface area contributed by atoms with Gasteiger partial charge in [0.25, 0.3) is 0 Å². The molecule has 0 unspecified atom stereocenters. The molecule has 140 valence electrons. The van der Waals surface area contributed by atoms with E-state index in [4.69, 9.17) is 0 Å². The Morgan fingerprint density at radius 1 is 1.15 bits per heavy atom. The van der Waals surface area contributed by atoms with Gasteiger partial charge in [0.1, 0.15) is 5.82 Å². The number of carbonyl (C=O) groups excluding carboxylic acids is 1. The van der Waals surface area contributed by atoms with Crippen molar-refractivity contribution in [2.24, 2.45) is 0 Å². The van der Waals surface area contributed by atoms with Crippen LogP contribution in [0, 0.1) is 5.82 Å². The van der Waals surface area contributed by atoms with Gasteiger partial charge >= 0.3 is 0 Å². The average Bonchev–Trinajstić information content (AvgIpc) is 3.09. The normalized spacial score (nSPS) is 12.2. The fraction of sp³-hybridized carbons (Fsp3) is 0.263. The van der Waals surface area contributed by atoms with Gasteiger partial charge in [0, 0.05) is 5.69 Å². The molecule has 8 heteroatoms. The Morgan fingerprint density at radius 3 is 2.56 bits per heavy atom. The van der Waals surface area contributed by atoms with Gasteiger partial charge in [-0.1, -0.05) is 43.8 Å². The molecular formula is C19H20FN5OS. The topological polar surface area (TPSA) is 72.7 Å². The van der Waals surface area contributed by atoms with Crippen LogP contribution in [0.1, 0.15) is 32.3 Å². The second kappa shape index (κ2) is 8.30. The third-order valence-electron chi connectivity index (χ3n) is 3.99. The van der Waals surface area contributed by atoms with Crippen LogP contribution in [0.4, 0.5) is 10.1 Å². The minimum absolute atomic E-state index is 0.254. The fourth-order valence-corrected chi connectivity index (χ4v) is 3.24. The quantitative estimate of drug-likeness (QED) is 0.648. The second-order valence-electron chi connectivity index (χ2n) is 6.38. The molecule has 0 aliphatic carbocycles. The lowest BCUT2D eigenvalue weighted by Gasteiger charge is -2.12. The minimum atomic E-state index is -0.465. The summed E-state index contributed by atoms with van der Waals surface area (Å²) < 4.78 is 14.9. The molecule has 0 saturated carbocycles. The maximum atomic E-state index is 13.3. The molecule has 3 aromatic rings. The Balaban J connectivity index is 1.71. The van der Waals surface area contributed by atoms with Crippen LogP contribution >= 0.6 is 11.8 Å². The summed E-state index contributed by atoms with van der Waals surface area (Å²) in [6.07, 6.45) is 0. The predicted octanol–water partition coefficient (Wildman–Crippen LogP) is 4.04. The van der Waals surface area contributed by atoms with E-state index in [-0.39, 0.29) is 5.91 Å². The van der Waals surface area contributed by atoms with Gasteiger partial charge in [0.05, 0.1) is 10.9 Å². The van der Waals surface area contributed by atoms with Crippen molar-refractivity contribution >= 4 is 23.4 Å². The number of benzene rings is 2. The number of hydrogen-bond donors (Lipinski definition) is 1. The molecule has 0 aliphatic heterocycles. The van der Waals surface area contributed by atoms with Crippen LogP contribution in [0.2, 0.25) is 0 Å². The number of rotatable bonds is 6. The first-order valence-corrected chi connectivity index (χ1v) is 9.44. The van der Waals surface area contributed by atoms with E-state index in [0.29, 0.717) is 16.8 Å². The third-order valence-corrected chi connectivity index (χ3v) is 5.02. The highest BCUT2D eigenvalue weighted by molar-refractivity contribution is 8.00. The number of amides is 1. The predicted molar refractivity (Wildman–Crippen MR) is 104 cm³/mol. The summed E-state index contributed by atoms with van der Waals surface area (Å²) in [4.78, 5) is 12.4. The van der Waals surface area contributed by atoms with Crippen LogP contribution in [-0.4, -0.2) is 31.4 Å². The van der Waals surface area contributed by atoms with Crippen LogP contribution in [0.3, 0.4) is 0 Å². The van der Waals surface area contributed by atoms with Crippen LogP contribution in [0.25, 0.3) is 5.69 Å². The molecule has 6 nitrogen and oxygen atoms in total. The molecule has 1 atom stereocenters. The Bertz CT molecular complexity index is 926. The van der Waals surface area contributed by atoms with E-state index in [2.05, 4.69) is 34.7 Å². The molecule has 27 heavy (non-hydrogen) atoms. The van der Waals surface area contributed by atoms with Crippen molar-refractivity contribution < 1.29 is 9.18 Å². The fourth-order valence-electron chi connectivity index (χ4n) is 2.44. The lowest BCUT2D eigenvalue weighted by Crippen LogP contribution is -2.23. The van der Waals surface area contributed by atoms with Gasteiger partial charge in [-0.25, -0.2) is 4.39 Å². The first-order chi connectivity index (χ1) is 12.9. The number of aromatic nitrogens is 4. The Hall–Kier alpha value is -2.74. The molecular weight excluding hydrogens is 365 g/mol. The average molecular weight is 385 g/mol. The highest BCUT2D eigenvalue weighted by Gasteiger charge is 2.19. The third kappa shape index (κ3) is 4.71. The summed E-state index contributed by atoms with van der Waals surface area (Å²) in [5.74, 6) is -0.217. The Morgan fingerprint density at radius 2 is 1.89 bits per heavy atom. The van der Waals surface area contributed by atoms with Crippen molar-refractivity contribution in [3.05, 3.63) is 59.9 Å². The summed E-state index contributed by atoms with van der Waals surface area (Å²) in [7, 11) is 0. The molecule has 1 aromatic heterocycles. The van der Waals surface area contributed by atoms with E-state index in [0.717, 1.165) is 5.69 Å². The van der Waals surface area contributed by atoms with Gasteiger partial charge in [-0.05, 0) is 59.2 Å². The van der Waals surface area contributed by atoms with Crippen molar-refractivity contribution in [1.82, 2.24) is 20.2 Å². The number of nitrogens with zero attached hydrogens (tertiary/aromatic N) is 4. The summed E-state index contributed by atoms with van der Waals surface area (Å²) in [5.41, 5.74) is 2.46. The number of tetrazole rings is 1. The maximum absolute atomic E-state index is 13.3. The number of carbonyl (C=O) groups is 1. The van der Waals surface area contributed by atoms with Crippen LogP contribution in [0.5, 0.6) is 0 Å². The van der Waals surface area contributed by atoms with E-state index in [1.807, 2.05) is 24.3 Å². The van der Waals surface area contributed by atoms with Gasteiger partial charge in [0.2, 0.25) is 11.1 Å². The maximum Gasteiger partial charge on any atom is 0.237 e. The number of halogens is 1. The molecule has 3 rings (SSSR count). The first-order valence-electron chi connectivity index (χ1n) is 8.56. The van der Waals surface area contributed by atoms with Crippen molar-refractivity contribution in [3.63, 3.8) is 0 Å². The zero-order valence-electron chi connectivity index (χ0n) is 15.3. The monoisotopic (exact) mass is 385 g/mol. The summed E-state index contributed by atoms with van der Waals surface area (Å²) in [5, 5.41) is 14.5. The smallest absolute Gasteiger partial charge is 0.237 e. The van der Waals surface area contributed by atoms with E-state index in [1.165, 1.54) is 29.5 Å². The van der Waals surface area contributed by atoms with Gasteiger partial charge in [-0.15, -0.1) is 5.10 Å². The van der Waals surface area contributed by atoms with Crippen LogP contribution in [-0.2, 0) is 4.79 Å². The molecule has 0 saturated heterocycles. The zero-order valence-corrected chi connectivity index (χ0v) is 16.1. The molecule has 1 heterocycles. The number of hydrogen-bond acceptors (Lipinski definition) is 5. The van der Waals surface area contributed by atoms with Crippen LogP contribution in [0.15, 0.2) is 53.7 Å². The van der Waals surface area contributed by atoms with Crippen molar-refractivity contribution in [3.8, 4) is 5.69 Å². The zero-order chi connectivity index (χ0) is 19.4. The van der Waals surface area contributed by atoms with Gasteiger partial charge in [-0.3, -0.25) is 4.79 Å².